The molecule has 2 radical (unpaired) electrons. The molecule has 124 valence electrons. The summed E-state index contributed by atoms with van der Waals surface area (Å²) in [7, 11) is 6.28. The molecule has 1 fully saturated rings. The first-order valence-electron chi connectivity index (χ1n) is 9.03. The zero-order valence-corrected chi connectivity index (χ0v) is 14.4. The van der Waals surface area contributed by atoms with Crippen molar-refractivity contribution in [3.63, 3.8) is 0 Å². The van der Waals surface area contributed by atoms with Gasteiger partial charge in [-0.2, -0.15) is 0 Å². The van der Waals surface area contributed by atoms with E-state index in [1.807, 2.05) is 0 Å². The molecule has 0 spiro atoms. The number of carboxylic acid groups (broad SMARTS) is 1. The number of fused-ring (bicyclic) bond motifs is 1. The van der Waals surface area contributed by atoms with Crippen molar-refractivity contribution in [1.82, 2.24) is 0 Å². The molecule has 1 aliphatic carbocycles. The van der Waals surface area contributed by atoms with Crippen molar-refractivity contribution in [1.29, 1.82) is 0 Å². The molecule has 1 saturated carbocycles. The average molecular weight is 320 g/mol. The smallest absolute Gasteiger partial charge is 0.300 e. The molecule has 24 heavy (non-hydrogen) atoms. The van der Waals surface area contributed by atoms with Gasteiger partial charge in [-0.05, 0) is 53.9 Å². The standard InChI is InChI=1S/C21H25BO2/c1-2-3-11-21(22,20(23)24)18-13-15(14-18)12-17-9-6-8-16-7-4-5-10-19(16)17/h4-10,15,18H,2-3,11-14H2,1H3,(H,23,24). The van der Waals surface area contributed by atoms with E-state index in [1.54, 1.807) is 0 Å². The number of hydrogen-bond donors (Lipinski definition) is 1. The summed E-state index contributed by atoms with van der Waals surface area (Å²) in [6.45, 7) is 2.08. The normalized spacial score (nSPS) is 22.7. The highest BCUT2D eigenvalue weighted by molar-refractivity contribution is 6.27. The number of aliphatic carboxylic acids is 1. The fraction of sp³-hybridized carbons (Fsp3) is 0.476. The highest BCUT2D eigenvalue weighted by atomic mass is 16.4. The molecular formula is C21H25BO2. The average Bonchev–Trinajstić information content (AvgIpc) is 2.55. The van der Waals surface area contributed by atoms with Gasteiger partial charge in [0.25, 0.3) is 0 Å². The predicted octanol–water partition coefficient (Wildman–Crippen LogP) is 5.01. The van der Waals surface area contributed by atoms with Crippen LogP contribution in [-0.2, 0) is 11.2 Å². The summed E-state index contributed by atoms with van der Waals surface area (Å²) in [5.41, 5.74) is 1.36. The molecule has 1 unspecified atom stereocenters. The van der Waals surface area contributed by atoms with Crippen molar-refractivity contribution < 1.29 is 9.90 Å². The topological polar surface area (TPSA) is 37.3 Å². The van der Waals surface area contributed by atoms with Crippen LogP contribution in [0.1, 0.15) is 44.6 Å². The quantitative estimate of drug-likeness (QED) is 0.728. The van der Waals surface area contributed by atoms with Gasteiger partial charge in [0.1, 0.15) is 0 Å². The fourth-order valence-corrected chi connectivity index (χ4v) is 4.06. The monoisotopic (exact) mass is 320 g/mol. The lowest BCUT2D eigenvalue weighted by atomic mass is 9.49. The molecule has 2 aromatic rings. The first-order valence-corrected chi connectivity index (χ1v) is 9.03. The third-order valence-corrected chi connectivity index (χ3v) is 5.69. The van der Waals surface area contributed by atoms with Crippen molar-refractivity contribution in [3.8, 4) is 0 Å². The first-order chi connectivity index (χ1) is 11.5. The second-order valence-corrected chi connectivity index (χ2v) is 7.33. The van der Waals surface area contributed by atoms with Crippen LogP contribution in [0.3, 0.4) is 0 Å². The Labute approximate surface area is 145 Å². The molecule has 3 heteroatoms. The van der Waals surface area contributed by atoms with Crippen LogP contribution in [0, 0.1) is 11.8 Å². The molecular weight excluding hydrogens is 295 g/mol. The second-order valence-electron chi connectivity index (χ2n) is 7.33. The Hall–Kier alpha value is -1.77. The maximum absolute atomic E-state index is 11.7. The summed E-state index contributed by atoms with van der Waals surface area (Å²) in [6.07, 6.45) is 5.32. The Kier molecular flexibility index (Phi) is 4.98. The number of benzene rings is 2. The van der Waals surface area contributed by atoms with Crippen molar-refractivity contribution in [2.75, 3.05) is 0 Å². The highest BCUT2D eigenvalue weighted by Crippen LogP contribution is 2.52. The molecule has 1 N–H and O–H groups in total. The minimum absolute atomic E-state index is 0.113. The van der Waals surface area contributed by atoms with Crippen LogP contribution in [0.25, 0.3) is 10.8 Å². The SMILES string of the molecule is [B]C(CCCC)(C(=O)O)C1CC(Cc2cccc3ccccc23)C1. The molecule has 2 aromatic carbocycles. The molecule has 0 aromatic heterocycles. The lowest BCUT2D eigenvalue weighted by Gasteiger charge is -2.45. The predicted molar refractivity (Wildman–Crippen MR) is 99.5 cm³/mol. The van der Waals surface area contributed by atoms with E-state index in [4.69, 9.17) is 7.85 Å². The summed E-state index contributed by atoms with van der Waals surface area (Å²) in [6, 6.07) is 14.9. The first kappa shape index (κ1) is 17.1. The minimum Gasteiger partial charge on any atom is -0.481 e. The molecule has 2 nitrogen and oxygen atoms in total. The van der Waals surface area contributed by atoms with E-state index in [0.29, 0.717) is 12.3 Å². The van der Waals surface area contributed by atoms with Crippen LogP contribution < -0.4 is 0 Å². The van der Waals surface area contributed by atoms with E-state index in [-0.39, 0.29) is 5.92 Å². The maximum atomic E-state index is 11.7. The Morgan fingerprint density at radius 3 is 2.62 bits per heavy atom. The van der Waals surface area contributed by atoms with Crippen molar-refractivity contribution >= 4 is 24.6 Å². The van der Waals surface area contributed by atoms with Crippen molar-refractivity contribution in [3.05, 3.63) is 48.0 Å². The molecule has 1 aliphatic rings. The third-order valence-electron chi connectivity index (χ3n) is 5.69. The van der Waals surface area contributed by atoms with Gasteiger partial charge >= 0.3 is 5.97 Å². The third kappa shape index (κ3) is 3.22. The van der Waals surface area contributed by atoms with Crippen LogP contribution in [0.2, 0.25) is 5.31 Å². The summed E-state index contributed by atoms with van der Waals surface area (Å²) in [5, 5.41) is 11.1. The maximum Gasteiger partial charge on any atom is 0.300 e. The van der Waals surface area contributed by atoms with Crippen LogP contribution >= 0.6 is 0 Å². The van der Waals surface area contributed by atoms with E-state index >= 15 is 0 Å². The molecule has 0 aliphatic heterocycles. The highest BCUT2D eigenvalue weighted by Gasteiger charge is 2.46. The number of carboxylic acids is 1. The van der Waals surface area contributed by atoms with Crippen LogP contribution in [0.4, 0.5) is 0 Å². The zero-order valence-electron chi connectivity index (χ0n) is 14.4. The lowest BCUT2D eigenvalue weighted by molar-refractivity contribution is -0.144. The van der Waals surface area contributed by atoms with E-state index in [2.05, 4.69) is 49.4 Å². The molecule has 1 atom stereocenters. The number of carbonyl (C=O) groups is 1. The van der Waals surface area contributed by atoms with Gasteiger partial charge in [0.05, 0.1) is 7.85 Å². The van der Waals surface area contributed by atoms with Crippen LogP contribution in [0.15, 0.2) is 42.5 Å². The van der Waals surface area contributed by atoms with Gasteiger partial charge in [0.15, 0.2) is 0 Å². The van der Waals surface area contributed by atoms with Crippen molar-refractivity contribution in [2.24, 2.45) is 11.8 Å². The number of hydrogen-bond acceptors (Lipinski definition) is 1. The molecule has 0 heterocycles. The molecule has 0 saturated heterocycles. The molecule has 0 bridgehead atoms. The largest absolute Gasteiger partial charge is 0.481 e. The Morgan fingerprint density at radius 2 is 1.92 bits per heavy atom. The van der Waals surface area contributed by atoms with E-state index in [0.717, 1.165) is 32.1 Å². The minimum atomic E-state index is -1.04. The molecule has 3 rings (SSSR count). The Bertz CT molecular complexity index is 715. The zero-order chi connectivity index (χ0) is 17.2. The van der Waals surface area contributed by atoms with E-state index in [9.17, 15) is 9.90 Å². The van der Waals surface area contributed by atoms with Crippen LogP contribution in [-0.4, -0.2) is 18.9 Å². The van der Waals surface area contributed by atoms with E-state index < -0.39 is 11.3 Å². The van der Waals surface area contributed by atoms with Gasteiger partial charge in [-0.15, -0.1) is 0 Å². The van der Waals surface area contributed by atoms with Crippen molar-refractivity contribution in [2.45, 2.75) is 50.8 Å². The summed E-state index contributed by atoms with van der Waals surface area (Å²) < 4.78 is 0. The molecule has 0 amide bonds. The van der Waals surface area contributed by atoms with Gasteiger partial charge in [-0.3, -0.25) is 4.79 Å². The summed E-state index contributed by atoms with van der Waals surface area (Å²) in [5.74, 6) is -0.171. The van der Waals surface area contributed by atoms with Crippen LogP contribution in [0.5, 0.6) is 0 Å². The summed E-state index contributed by atoms with van der Waals surface area (Å²) >= 11 is 0. The lowest BCUT2D eigenvalue weighted by Crippen LogP contribution is -2.41. The fourth-order valence-electron chi connectivity index (χ4n) is 4.06. The Morgan fingerprint density at radius 1 is 1.21 bits per heavy atom. The summed E-state index contributed by atoms with van der Waals surface area (Å²) in [4.78, 5) is 11.7. The van der Waals surface area contributed by atoms with E-state index in [1.165, 1.54) is 16.3 Å². The van der Waals surface area contributed by atoms with Gasteiger partial charge in [0, 0.05) is 5.31 Å². The van der Waals surface area contributed by atoms with Gasteiger partial charge < -0.3 is 5.11 Å². The number of rotatable bonds is 7. The van der Waals surface area contributed by atoms with Gasteiger partial charge in [-0.25, -0.2) is 0 Å². The van der Waals surface area contributed by atoms with Gasteiger partial charge in [-0.1, -0.05) is 62.2 Å². The number of unbranched alkanes of at least 4 members (excludes halogenated alkanes) is 1. The van der Waals surface area contributed by atoms with Gasteiger partial charge in [0.2, 0.25) is 0 Å². The Balaban J connectivity index is 1.67. The second kappa shape index (κ2) is 7.00.